The number of aliphatic carboxylic acids is 2. The predicted molar refractivity (Wildman–Crippen MR) is 157 cm³/mol. The zero-order valence-electron chi connectivity index (χ0n) is 24.4. The number of methoxy groups -OCH3 is 1. The van der Waals surface area contributed by atoms with Gasteiger partial charge >= 0.3 is 18.1 Å². The highest BCUT2D eigenvalue weighted by Crippen LogP contribution is 2.31. The summed E-state index contributed by atoms with van der Waals surface area (Å²) < 4.78 is 48.7. The Morgan fingerprint density at radius 2 is 1.38 bits per heavy atom. The van der Waals surface area contributed by atoms with Gasteiger partial charge in [0.15, 0.2) is 11.4 Å². The third-order valence-corrected chi connectivity index (χ3v) is 6.36. The molecular weight excluding hydrogens is 595 g/mol. The van der Waals surface area contributed by atoms with Crippen LogP contribution in [0.25, 0.3) is 0 Å². The first-order valence-corrected chi connectivity index (χ1v) is 13.4. The van der Waals surface area contributed by atoms with Crippen molar-refractivity contribution >= 4 is 17.7 Å². The van der Waals surface area contributed by atoms with Crippen LogP contribution in [0.4, 0.5) is 13.2 Å². The summed E-state index contributed by atoms with van der Waals surface area (Å²) in [6.07, 6.45) is -3.64. The van der Waals surface area contributed by atoms with E-state index in [1.807, 2.05) is 36.4 Å². The molecule has 12 heteroatoms. The Bertz CT molecular complexity index is 1550. The molecule has 1 heterocycles. The van der Waals surface area contributed by atoms with E-state index < -0.39 is 23.7 Å². The monoisotopic (exact) mass is 625 g/mol. The van der Waals surface area contributed by atoms with Crippen molar-refractivity contribution in [3.8, 4) is 17.4 Å². The van der Waals surface area contributed by atoms with Crippen LogP contribution in [-0.4, -0.2) is 58.4 Å². The highest BCUT2D eigenvalue weighted by Gasteiger charge is 2.38. The molecule has 0 saturated heterocycles. The second-order valence-corrected chi connectivity index (χ2v) is 9.98. The fourth-order valence-corrected chi connectivity index (χ4v) is 3.90. The van der Waals surface area contributed by atoms with Gasteiger partial charge in [-0.2, -0.15) is 13.2 Å². The third-order valence-electron chi connectivity index (χ3n) is 6.36. The molecule has 0 unspecified atom stereocenters. The number of aromatic nitrogens is 1. The highest BCUT2D eigenvalue weighted by atomic mass is 19.4. The number of carboxylic acid groups (broad SMARTS) is 2. The van der Waals surface area contributed by atoms with Crippen LogP contribution in [0.2, 0.25) is 0 Å². The number of rotatable bonds is 11. The minimum absolute atomic E-state index is 0.0112. The summed E-state index contributed by atoms with van der Waals surface area (Å²) >= 11 is 0. The van der Waals surface area contributed by atoms with E-state index in [1.165, 1.54) is 33.2 Å². The van der Waals surface area contributed by atoms with Crippen molar-refractivity contribution < 1.29 is 52.0 Å². The summed E-state index contributed by atoms with van der Waals surface area (Å²) in [5, 5.41) is 16.6. The molecule has 0 aliphatic heterocycles. The van der Waals surface area contributed by atoms with Gasteiger partial charge in [-0.25, -0.2) is 14.6 Å². The van der Waals surface area contributed by atoms with E-state index in [0.29, 0.717) is 23.8 Å². The van der Waals surface area contributed by atoms with Gasteiger partial charge in [0.1, 0.15) is 18.1 Å². The van der Waals surface area contributed by atoms with Crippen LogP contribution in [-0.2, 0) is 9.59 Å². The van der Waals surface area contributed by atoms with Gasteiger partial charge in [-0.1, -0.05) is 60.7 Å². The Balaban J connectivity index is 0.000000707. The van der Waals surface area contributed by atoms with Crippen molar-refractivity contribution in [3.05, 3.63) is 119 Å². The number of hydrogen-bond donors (Lipinski definition) is 2. The third kappa shape index (κ3) is 9.55. The lowest BCUT2D eigenvalue weighted by atomic mass is 9.92. The molecule has 1 aromatic heterocycles. The lowest BCUT2D eigenvalue weighted by Crippen LogP contribution is -2.38. The van der Waals surface area contributed by atoms with Crippen LogP contribution in [0.5, 0.6) is 17.4 Å². The van der Waals surface area contributed by atoms with Crippen molar-refractivity contribution in [2.45, 2.75) is 31.5 Å². The quantitative estimate of drug-likeness (QED) is 0.182. The molecule has 0 aliphatic carbocycles. The van der Waals surface area contributed by atoms with Crippen LogP contribution >= 0.6 is 0 Å². The fourth-order valence-electron chi connectivity index (χ4n) is 3.90. The smallest absolute Gasteiger partial charge is 0.490 e. The molecule has 0 spiro atoms. The van der Waals surface area contributed by atoms with Crippen molar-refractivity contribution in [2.24, 2.45) is 0 Å². The number of benzene rings is 3. The van der Waals surface area contributed by atoms with Crippen molar-refractivity contribution in [1.82, 2.24) is 4.98 Å². The summed E-state index contributed by atoms with van der Waals surface area (Å²) in [4.78, 5) is 38.2. The SMILES string of the molecule is COc1ccc(C(=O)c2ccc(OCC(c3ccccc3)c3ccccc3)nc2)c(OC(C)(C)C(=O)O)c1.O=C(O)C(F)(F)F. The maximum Gasteiger partial charge on any atom is 0.490 e. The van der Waals surface area contributed by atoms with Crippen LogP contribution < -0.4 is 14.2 Å². The Morgan fingerprint density at radius 1 is 0.822 bits per heavy atom. The van der Waals surface area contributed by atoms with Crippen LogP contribution in [0.15, 0.2) is 97.2 Å². The topological polar surface area (TPSA) is 132 Å². The average Bonchev–Trinajstić information content (AvgIpc) is 3.02. The molecule has 4 aromatic rings. The van der Waals surface area contributed by atoms with Gasteiger partial charge in [0.05, 0.1) is 12.7 Å². The number of carbonyl (C=O) groups is 3. The van der Waals surface area contributed by atoms with Crippen molar-refractivity contribution in [1.29, 1.82) is 0 Å². The van der Waals surface area contributed by atoms with E-state index in [1.54, 1.807) is 24.3 Å². The first-order valence-electron chi connectivity index (χ1n) is 13.4. The summed E-state index contributed by atoms with van der Waals surface area (Å²) in [7, 11) is 1.48. The minimum atomic E-state index is -5.08. The summed E-state index contributed by atoms with van der Waals surface area (Å²) in [5.74, 6) is -3.34. The summed E-state index contributed by atoms with van der Waals surface area (Å²) in [5.41, 5.74) is 1.21. The van der Waals surface area contributed by atoms with E-state index in [2.05, 4.69) is 29.2 Å². The predicted octanol–water partition coefficient (Wildman–Crippen LogP) is 6.41. The molecule has 0 saturated carbocycles. The second kappa shape index (κ2) is 14.9. The lowest BCUT2D eigenvalue weighted by molar-refractivity contribution is -0.192. The number of ketones is 1. The molecule has 0 fully saturated rings. The number of hydrogen-bond acceptors (Lipinski definition) is 7. The first kappa shape index (κ1) is 34.1. The van der Waals surface area contributed by atoms with Gasteiger partial charge in [-0.3, -0.25) is 4.79 Å². The van der Waals surface area contributed by atoms with Crippen LogP contribution in [0, 0.1) is 0 Å². The molecule has 0 amide bonds. The molecular formula is C33H30F3NO8. The number of halogens is 3. The Kier molecular flexibility index (Phi) is 11.3. The zero-order chi connectivity index (χ0) is 33.2. The van der Waals surface area contributed by atoms with E-state index in [-0.39, 0.29) is 23.0 Å². The van der Waals surface area contributed by atoms with Gasteiger partial charge in [0.2, 0.25) is 5.88 Å². The van der Waals surface area contributed by atoms with Gasteiger partial charge in [0.25, 0.3) is 0 Å². The Hall–Kier alpha value is -5.39. The van der Waals surface area contributed by atoms with E-state index in [9.17, 15) is 27.9 Å². The molecule has 0 bridgehead atoms. The Morgan fingerprint density at radius 3 is 1.82 bits per heavy atom. The van der Waals surface area contributed by atoms with Gasteiger partial charge < -0.3 is 24.4 Å². The number of pyridine rings is 1. The van der Waals surface area contributed by atoms with Gasteiger partial charge in [-0.05, 0) is 43.2 Å². The van der Waals surface area contributed by atoms with Crippen LogP contribution in [0.1, 0.15) is 46.8 Å². The molecule has 9 nitrogen and oxygen atoms in total. The standard InChI is InChI=1S/C31H29NO6.C2HF3O2/c1-31(2,30(34)35)38-27-18-24(36-3)15-16-25(27)29(33)23-14-17-28(32-19-23)37-20-26(21-10-6-4-7-11-21)22-12-8-5-9-13-22;3-2(4,5)1(6)7/h4-19,26H,20H2,1-3H3,(H,34,35);(H,6,7). The van der Waals surface area contributed by atoms with Crippen LogP contribution in [0.3, 0.4) is 0 Å². The molecule has 0 atom stereocenters. The van der Waals surface area contributed by atoms with E-state index in [4.69, 9.17) is 24.1 Å². The van der Waals surface area contributed by atoms with E-state index >= 15 is 0 Å². The molecule has 3 aromatic carbocycles. The number of ether oxygens (including phenoxy) is 3. The zero-order valence-corrected chi connectivity index (χ0v) is 24.4. The molecule has 236 valence electrons. The fraction of sp³-hybridized carbons (Fsp3) is 0.212. The molecule has 0 radical (unpaired) electrons. The van der Waals surface area contributed by atoms with E-state index in [0.717, 1.165) is 11.1 Å². The average molecular weight is 626 g/mol. The normalized spacial score (nSPS) is 11.2. The number of carbonyl (C=O) groups excluding carboxylic acids is 1. The minimum Gasteiger partial charge on any atom is -0.497 e. The molecule has 2 N–H and O–H groups in total. The number of nitrogens with zero attached hydrogens (tertiary/aromatic N) is 1. The van der Waals surface area contributed by atoms with Gasteiger partial charge in [0, 0.05) is 29.8 Å². The number of carboxylic acids is 2. The first-order chi connectivity index (χ1) is 21.2. The largest absolute Gasteiger partial charge is 0.497 e. The summed E-state index contributed by atoms with van der Waals surface area (Å²) in [6, 6.07) is 28.1. The van der Waals surface area contributed by atoms with Gasteiger partial charge in [-0.15, -0.1) is 0 Å². The molecule has 45 heavy (non-hydrogen) atoms. The summed E-state index contributed by atoms with van der Waals surface area (Å²) in [6.45, 7) is 3.19. The lowest BCUT2D eigenvalue weighted by Gasteiger charge is -2.23. The van der Waals surface area contributed by atoms with Crippen molar-refractivity contribution in [2.75, 3.05) is 13.7 Å². The molecule has 0 aliphatic rings. The Labute approximate surface area is 256 Å². The maximum absolute atomic E-state index is 13.3. The highest BCUT2D eigenvalue weighted by molar-refractivity contribution is 6.10. The number of alkyl halides is 3. The molecule has 4 rings (SSSR count). The van der Waals surface area contributed by atoms with Crippen molar-refractivity contribution in [3.63, 3.8) is 0 Å². The second-order valence-electron chi connectivity index (χ2n) is 9.98. The maximum atomic E-state index is 13.3.